The first-order valence-electron chi connectivity index (χ1n) is 5.86. The van der Waals surface area contributed by atoms with Crippen LogP contribution < -0.4 is 5.32 Å². The second-order valence-corrected chi connectivity index (χ2v) is 4.51. The van der Waals surface area contributed by atoms with Gasteiger partial charge < -0.3 is 10.4 Å². The predicted molar refractivity (Wildman–Crippen MR) is 76.8 cm³/mol. The van der Waals surface area contributed by atoms with E-state index < -0.39 is 0 Å². The monoisotopic (exact) mass is 275 g/mol. The number of phenolic OH excluding ortho intramolecular Hbond substituents is 1. The summed E-state index contributed by atoms with van der Waals surface area (Å²) < 4.78 is 0. The van der Waals surface area contributed by atoms with Crippen molar-refractivity contribution in [3.8, 4) is 5.75 Å². The number of aryl methyl sites for hydroxylation is 1. The summed E-state index contributed by atoms with van der Waals surface area (Å²) in [6.07, 6.45) is 0. The molecule has 0 radical (unpaired) electrons. The molecule has 0 aliphatic carbocycles. The molecule has 1 amide bonds. The van der Waals surface area contributed by atoms with Gasteiger partial charge >= 0.3 is 0 Å². The summed E-state index contributed by atoms with van der Waals surface area (Å²) in [5, 5.41) is 12.2. The van der Waals surface area contributed by atoms with Crippen molar-refractivity contribution in [2.24, 2.45) is 0 Å². The Bertz CT molecular complexity index is 611. The number of amides is 1. The number of alkyl halides is 1. The van der Waals surface area contributed by atoms with Crippen LogP contribution in [0.4, 0.5) is 5.69 Å². The summed E-state index contributed by atoms with van der Waals surface area (Å²) >= 11 is 5.83. The standard InChI is InChI=1S/C15H14ClNO2/c1-10-8-12(18)6-7-13(10)15(19)17-14-5-3-2-4-11(14)9-16/h2-8,18H,9H2,1H3,(H,17,19). The molecule has 4 heteroatoms. The van der Waals surface area contributed by atoms with E-state index in [1.165, 1.54) is 6.07 Å². The fraction of sp³-hybridized carbons (Fsp3) is 0.133. The van der Waals surface area contributed by atoms with E-state index in [0.717, 1.165) is 11.1 Å². The molecule has 0 atom stereocenters. The number of carbonyl (C=O) groups is 1. The number of benzene rings is 2. The summed E-state index contributed by atoms with van der Waals surface area (Å²) in [6, 6.07) is 12.0. The Hall–Kier alpha value is -2.00. The molecule has 2 N–H and O–H groups in total. The highest BCUT2D eigenvalue weighted by Gasteiger charge is 2.11. The number of aromatic hydroxyl groups is 1. The molecule has 19 heavy (non-hydrogen) atoms. The third-order valence-electron chi connectivity index (χ3n) is 2.86. The highest BCUT2D eigenvalue weighted by atomic mass is 35.5. The molecule has 0 aromatic heterocycles. The molecular weight excluding hydrogens is 262 g/mol. The molecule has 0 heterocycles. The molecule has 0 bridgehead atoms. The topological polar surface area (TPSA) is 49.3 Å². The van der Waals surface area contributed by atoms with Gasteiger partial charge in [0.1, 0.15) is 5.75 Å². The second-order valence-electron chi connectivity index (χ2n) is 4.24. The fourth-order valence-electron chi connectivity index (χ4n) is 1.85. The Labute approximate surface area is 116 Å². The fourth-order valence-corrected chi connectivity index (χ4v) is 2.08. The molecule has 2 rings (SSSR count). The average Bonchev–Trinajstić information content (AvgIpc) is 2.39. The molecule has 0 aliphatic rings. The summed E-state index contributed by atoms with van der Waals surface area (Å²) in [7, 11) is 0. The van der Waals surface area contributed by atoms with Gasteiger partial charge in [-0.1, -0.05) is 18.2 Å². The first kappa shape index (κ1) is 13.4. The van der Waals surface area contributed by atoms with Crippen LogP contribution in [0, 0.1) is 6.92 Å². The van der Waals surface area contributed by atoms with Crippen LogP contribution in [-0.4, -0.2) is 11.0 Å². The summed E-state index contributed by atoms with van der Waals surface area (Å²) in [4.78, 5) is 12.2. The lowest BCUT2D eigenvalue weighted by atomic mass is 10.1. The molecule has 2 aromatic rings. The first-order valence-corrected chi connectivity index (χ1v) is 6.40. The molecule has 0 saturated carbocycles. The van der Waals surface area contributed by atoms with E-state index in [-0.39, 0.29) is 11.7 Å². The van der Waals surface area contributed by atoms with Gasteiger partial charge in [-0.2, -0.15) is 0 Å². The van der Waals surface area contributed by atoms with Gasteiger partial charge in [0.2, 0.25) is 0 Å². The van der Waals surface area contributed by atoms with Crippen LogP contribution in [0.1, 0.15) is 21.5 Å². The first-order chi connectivity index (χ1) is 9.11. The van der Waals surface area contributed by atoms with E-state index >= 15 is 0 Å². The van der Waals surface area contributed by atoms with Crippen molar-refractivity contribution in [3.63, 3.8) is 0 Å². The van der Waals surface area contributed by atoms with E-state index in [4.69, 9.17) is 11.6 Å². The number of phenols is 1. The van der Waals surface area contributed by atoms with Crippen molar-refractivity contribution in [3.05, 3.63) is 59.2 Å². The van der Waals surface area contributed by atoms with Crippen molar-refractivity contribution in [1.82, 2.24) is 0 Å². The molecule has 2 aromatic carbocycles. The highest BCUT2D eigenvalue weighted by molar-refractivity contribution is 6.17. The lowest BCUT2D eigenvalue weighted by Gasteiger charge is -2.10. The van der Waals surface area contributed by atoms with Crippen LogP contribution in [0.25, 0.3) is 0 Å². The molecule has 0 aliphatic heterocycles. The Kier molecular flexibility index (Phi) is 4.07. The van der Waals surface area contributed by atoms with Gasteiger partial charge in [-0.3, -0.25) is 4.79 Å². The summed E-state index contributed by atoms with van der Waals surface area (Å²) in [5.41, 5.74) is 2.83. The predicted octanol–water partition coefficient (Wildman–Crippen LogP) is 3.69. The van der Waals surface area contributed by atoms with Gasteiger partial charge in [0, 0.05) is 17.1 Å². The van der Waals surface area contributed by atoms with E-state index in [1.807, 2.05) is 24.3 Å². The third-order valence-corrected chi connectivity index (χ3v) is 3.15. The van der Waals surface area contributed by atoms with Gasteiger partial charge in [0.15, 0.2) is 0 Å². The molecule has 0 fully saturated rings. The summed E-state index contributed by atoms with van der Waals surface area (Å²) in [5.74, 6) is 0.274. The number of nitrogens with one attached hydrogen (secondary N) is 1. The largest absolute Gasteiger partial charge is 0.508 e. The van der Waals surface area contributed by atoms with Gasteiger partial charge in [0.25, 0.3) is 5.91 Å². The minimum atomic E-state index is -0.213. The maximum Gasteiger partial charge on any atom is 0.255 e. The van der Waals surface area contributed by atoms with Crippen LogP contribution in [0.3, 0.4) is 0 Å². The van der Waals surface area contributed by atoms with E-state index in [0.29, 0.717) is 17.1 Å². The van der Waals surface area contributed by atoms with E-state index in [9.17, 15) is 9.90 Å². The van der Waals surface area contributed by atoms with Crippen molar-refractivity contribution < 1.29 is 9.90 Å². The SMILES string of the molecule is Cc1cc(O)ccc1C(=O)Nc1ccccc1CCl. The normalized spacial score (nSPS) is 10.2. The average molecular weight is 276 g/mol. The van der Waals surface area contributed by atoms with Crippen LogP contribution >= 0.6 is 11.6 Å². The molecular formula is C15H14ClNO2. The van der Waals surface area contributed by atoms with E-state index in [1.54, 1.807) is 19.1 Å². The second kappa shape index (κ2) is 5.76. The molecule has 0 spiro atoms. The van der Waals surface area contributed by atoms with Crippen molar-refractivity contribution in [2.45, 2.75) is 12.8 Å². The van der Waals surface area contributed by atoms with Crippen LogP contribution in [0.15, 0.2) is 42.5 Å². The van der Waals surface area contributed by atoms with Crippen molar-refractivity contribution in [1.29, 1.82) is 0 Å². The van der Waals surface area contributed by atoms with E-state index in [2.05, 4.69) is 5.32 Å². The quantitative estimate of drug-likeness (QED) is 0.839. The Morgan fingerprint density at radius 1 is 1.26 bits per heavy atom. The Balaban J connectivity index is 2.26. The molecule has 0 saturated heterocycles. The van der Waals surface area contributed by atoms with Gasteiger partial charge in [0.05, 0.1) is 0 Å². The number of hydrogen-bond acceptors (Lipinski definition) is 2. The van der Waals surface area contributed by atoms with Crippen molar-refractivity contribution in [2.75, 3.05) is 5.32 Å². The number of para-hydroxylation sites is 1. The minimum absolute atomic E-state index is 0.148. The van der Waals surface area contributed by atoms with Gasteiger partial charge in [-0.25, -0.2) is 0 Å². The zero-order chi connectivity index (χ0) is 13.8. The number of hydrogen-bond donors (Lipinski definition) is 2. The minimum Gasteiger partial charge on any atom is -0.508 e. The lowest BCUT2D eigenvalue weighted by Crippen LogP contribution is -2.14. The Morgan fingerprint density at radius 2 is 2.00 bits per heavy atom. The molecule has 0 unspecified atom stereocenters. The number of rotatable bonds is 3. The highest BCUT2D eigenvalue weighted by Crippen LogP contribution is 2.20. The van der Waals surface area contributed by atoms with Crippen molar-refractivity contribution >= 4 is 23.2 Å². The zero-order valence-corrected chi connectivity index (χ0v) is 11.2. The zero-order valence-electron chi connectivity index (χ0n) is 10.5. The Morgan fingerprint density at radius 3 is 2.68 bits per heavy atom. The number of carbonyl (C=O) groups excluding carboxylic acids is 1. The number of anilines is 1. The maximum atomic E-state index is 12.2. The summed E-state index contributed by atoms with van der Waals surface area (Å²) in [6.45, 7) is 1.78. The third kappa shape index (κ3) is 3.06. The van der Waals surface area contributed by atoms with Gasteiger partial charge in [-0.05, 0) is 42.3 Å². The van der Waals surface area contributed by atoms with Crippen LogP contribution in [0.2, 0.25) is 0 Å². The molecule has 3 nitrogen and oxygen atoms in total. The molecule has 98 valence electrons. The van der Waals surface area contributed by atoms with Gasteiger partial charge in [-0.15, -0.1) is 11.6 Å². The smallest absolute Gasteiger partial charge is 0.255 e. The van der Waals surface area contributed by atoms with Crippen LogP contribution in [0.5, 0.6) is 5.75 Å². The van der Waals surface area contributed by atoms with Crippen LogP contribution in [-0.2, 0) is 5.88 Å². The maximum absolute atomic E-state index is 12.2. The number of halogens is 1. The lowest BCUT2D eigenvalue weighted by molar-refractivity contribution is 0.102.